The SMILES string of the molecule is COCCCNC(=S)NCCCN(C)c1ccccc1. The van der Waals surface area contributed by atoms with Gasteiger partial charge in [0.25, 0.3) is 0 Å². The van der Waals surface area contributed by atoms with Gasteiger partial charge in [0.05, 0.1) is 0 Å². The van der Waals surface area contributed by atoms with E-state index in [9.17, 15) is 0 Å². The largest absolute Gasteiger partial charge is 0.385 e. The van der Waals surface area contributed by atoms with Crippen LogP contribution in [0.25, 0.3) is 0 Å². The van der Waals surface area contributed by atoms with E-state index in [0.717, 1.165) is 44.2 Å². The molecular formula is C15H25N3OS. The molecule has 0 saturated heterocycles. The summed E-state index contributed by atoms with van der Waals surface area (Å²) in [7, 11) is 3.82. The van der Waals surface area contributed by atoms with Crippen LogP contribution in [-0.4, -0.2) is 45.5 Å². The van der Waals surface area contributed by atoms with Crippen molar-refractivity contribution in [3.05, 3.63) is 30.3 Å². The lowest BCUT2D eigenvalue weighted by Gasteiger charge is -2.19. The van der Waals surface area contributed by atoms with E-state index in [0.29, 0.717) is 0 Å². The Balaban J connectivity index is 2.05. The molecule has 0 aliphatic carbocycles. The first kappa shape index (κ1) is 16.7. The summed E-state index contributed by atoms with van der Waals surface area (Å²) in [4.78, 5) is 2.25. The second-order valence-corrected chi connectivity index (χ2v) is 5.05. The van der Waals surface area contributed by atoms with Gasteiger partial charge >= 0.3 is 0 Å². The van der Waals surface area contributed by atoms with Crippen molar-refractivity contribution in [2.45, 2.75) is 12.8 Å². The summed E-state index contributed by atoms with van der Waals surface area (Å²) in [6.07, 6.45) is 2.01. The fraction of sp³-hybridized carbons (Fsp3) is 0.533. The van der Waals surface area contributed by atoms with Gasteiger partial charge in [0.15, 0.2) is 5.11 Å². The Morgan fingerprint density at radius 2 is 1.80 bits per heavy atom. The highest BCUT2D eigenvalue weighted by atomic mass is 32.1. The quantitative estimate of drug-likeness (QED) is 0.538. The molecule has 2 N–H and O–H groups in total. The van der Waals surface area contributed by atoms with Crippen LogP contribution in [0.1, 0.15) is 12.8 Å². The molecule has 1 rings (SSSR count). The number of para-hydroxylation sites is 1. The smallest absolute Gasteiger partial charge is 0.166 e. The number of thiocarbonyl (C=S) groups is 1. The van der Waals surface area contributed by atoms with Gasteiger partial charge in [-0.1, -0.05) is 18.2 Å². The Kier molecular flexibility index (Phi) is 8.74. The molecule has 0 aromatic heterocycles. The van der Waals surface area contributed by atoms with E-state index in [1.54, 1.807) is 7.11 Å². The molecule has 0 bridgehead atoms. The minimum atomic E-state index is 0.725. The first-order chi connectivity index (χ1) is 9.74. The highest BCUT2D eigenvalue weighted by molar-refractivity contribution is 7.80. The summed E-state index contributed by atoms with van der Waals surface area (Å²) in [6.45, 7) is 3.50. The van der Waals surface area contributed by atoms with Gasteiger partial charge in [-0.2, -0.15) is 0 Å². The lowest BCUT2D eigenvalue weighted by molar-refractivity contribution is 0.195. The molecule has 0 heterocycles. The third-order valence-corrected chi connectivity index (χ3v) is 3.25. The minimum absolute atomic E-state index is 0.725. The Morgan fingerprint density at radius 3 is 2.45 bits per heavy atom. The summed E-state index contributed by atoms with van der Waals surface area (Å²) in [5, 5.41) is 7.11. The van der Waals surface area contributed by atoms with Crippen molar-refractivity contribution >= 4 is 23.0 Å². The van der Waals surface area contributed by atoms with Gasteiger partial charge in [0.1, 0.15) is 0 Å². The number of rotatable bonds is 9. The van der Waals surface area contributed by atoms with E-state index in [1.807, 2.05) is 6.07 Å². The fourth-order valence-corrected chi connectivity index (χ4v) is 2.01. The zero-order valence-electron chi connectivity index (χ0n) is 12.4. The molecule has 0 saturated carbocycles. The standard InChI is InChI=1S/C15H25N3OS/c1-18(14-8-4-3-5-9-14)12-6-10-16-15(20)17-11-7-13-19-2/h3-5,8-9H,6-7,10-13H2,1-2H3,(H2,16,17,20). The van der Waals surface area contributed by atoms with Crippen LogP contribution in [0.5, 0.6) is 0 Å². The van der Waals surface area contributed by atoms with Gasteiger partial charge in [-0.05, 0) is 37.2 Å². The van der Waals surface area contributed by atoms with Crippen LogP contribution in [0.3, 0.4) is 0 Å². The fourth-order valence-electron chi connectivity index (χ4n) is 1.81. The van der Waals surface area contributed by atoms with Crippen molar-refractivity contribution in [1.29, 1.82) is 0 Å². The first-order valence-corrected chi connectivity index (χ1v) is 7.41. The maximum absolute atomic E-state index is 5.20. The number of benzene rings is 1. The molecule has 0 radical (unpaired) electrons. The Morgan fingerprint density at radius 1 is 1.15 bits per heavy atom. The van der Waals surface area contributed by atoms with Crippen molar-refractivity contribution in [3.63, 3.8) is 0 Å². The summed E-state index contributed by atoms with van der Waals surface area (Å²) in [5.41, 5.74) is 1.24. The van der Waals surface area contributed by atoms with E-state index in [2.05, 4.69) is 46.8 Å². The van der Waals surface area contributed by atoms with Crippen LogP contribution in [0.15, 0.2) is 30.3 Å². The molecular weight excluding hydrogens is 270 g/mol. The molecule has 0 amide bonds. The zero-order chi connectivity index (χ0) is 14.6. The monoisotopic (exact) mass is 295 g/mol. The molecule has 0 unspecified atom stereocenters. The second-order valence-electron chi connectivity index (χ2n) is 4.64. The van der Waals surface area contributed by atoms with Gasteiger partial charge in [0, 0.05) is 46.1 Å². The van der Waals surface area contributed by atoms with E-state index < -0.39 is 0 Å². The van der Waals surface area contributed by atoms with Crippen LogP contribution in [-0.2, 0) is 4.74 Å². The molecule has 1 aromatic rings. The second kappa shape index (κ2) is 10.5. The number of hydrogen-bond donors (Lipinski definition) is 2. The Labute approximate surface area is 127 Å². The van der Waals surface area contributed by atoms with Gasteiger partial charge in [0.2, 0.25) is 0 Å². The summed E-state index contributed by atoms with van der Waals surface area (Å²) in [6, 6.07) is 10.4. The number of hydrogen-bond acceptors (Lipinski definition) is 3. The van der Waals surface area contributed by atoms with Crippen LogP contribution >= 0.6 is 12.2 Å². The molecule has 5 heteroatoms. The summed E-state index contributed by atoms with van der Waals surface area (Å²) < 4.78 is 4.98. The highest BCUT2D eigenvalue weighted by Crippen LogP contribution is 2.10. The molecule has 0 spiro atoms. The maximum Gasteiger partial charge on any atom is 0.166 e. The van der Waals surface area contributed by atoms with Crippen LogP contribution in [0.4, 0.5) is 5.69 Å². The molecule has 0 aliphatic rings. The third kappa shape index (κ3) is 7.31. The number of nitrogens with one attached hydrogen (secondary N) is 2. The number of anilines is 1. The predicted octanol–water partition coefficient (Wildman–Crippen LogP) is 2.01. The average molecular weight is 295 g/mol. The van der Waals surface area contributed by atoms with Crippen molar-refractivity contribution in [3.8, 4) is 0 Å². The number of nitrogens with zero attached hydrogens (tertiary/aromatic N) is 1. The van der Waals surface area contributed by atoms with Crippen LogP contribution in [0, 0.1) is 0 Å². The first-order valence-electron chi connectivity index (χ1n) is 7.01. The van der Waals surface area contributed by atoms with Crippen LogP contribution < -0.4 is 15.5 Å². The normalized spacial score (nSPS) is 10.1. The molecule has 0 aliphatic heterocycles. The molecule has 1 aromatic carbocycles. The van der Waals surface area contributed by atoms with Gasteiger partial charge in [-0.15, -0.1) is 0 Å². The molecule has 0 atom stereocenters. The summed E-state index contributed by atoms with van der Waals surface area (Å²) >= 11 is 5.20. The van der Waals surface area contributed by atoms with Gasteiger partial charge < -0.3 is 20.3 Å². The van der Waals surface area contributed by atoms with E-state index in [-0.39, 0.29) is 0 Å². The summed E-state index contributed by atoms with van der Waals surface area (Å²) in [5.74, 6) is 0. The van der Waals surface area contributed by atoms with E-state index >= 15 is 0 Å². The molecule has 4 nitrogen and oxygen atoms in total. The lowest BCUT2D eigenvalue weighted by atomic mass is 10.3. The van der Waals surface area contributed by atoms with Crippen molar-refractivity contribution < 1.29 is 4.74 Å². The Bertz CT molecular complexity index is 373. The van der Waals surface area contributed by atoms with Crippen molar-refractivity contribution in [2.75, 3.05) is 45.3 Å². The minimum Gasteiger partial charge on any atom is -0.385 e. The lowest BCUT2D eigenvalue weighted by Crippen LogP contribution is -2.37. The number of ether oxygens (including phenoxy) is 1. The topological polar surface area (TPSA) is 36.5 Å². The van der Waals surface area contributed by atoms with Crippen molar-refractivity contribution in [2.24, 2.45) is 0 Å². The van der Waals surface area contributed by atoms with E-state index in [1.165, 1.54) is 5.69 Å². The van der Waals surface area contributed by atoms with Crippen molar-refractivity contribution in [1.82, 2.24) is 10.6 Å². The number of methoxy groups -OCH3 is 1. The van der Waals surface area contributed by atoms with Gasteiger partial charge in [-0.25, -0.2) is 0 Å². The zero-order valence-corrected chi connectivity index (χ0v) is 13.2. The third-order valence-electron chi connectivity index (χ3n) is 2.96. The highest BCUT2D eigenvalue weighted by Gasteiger charge is 1.99. The molecule has 0 fully saturated rings. The predicted molar refractivity (Wildman–Crippen MR) is 89.4 cm³/mol. The average Bonchev–Trinajstić information content (AvgIpc) is 2.49. The Hall–Kier alpha value is -1.33. The molecule has 112 valence electrons. The van der Waals surface area contributed by atoms with Crippen LogP contribution in [0.2, 0.25) is 0 Å². The van der Waals surface area contributed by atoms with Gasteiger partial charge in [-0.3, -0.25) is 0 Å². The molecule has 20 heavy (non-hydrogen) atoms. The van der Waals surface area contributed by atoms with E-state index in [4.69, 9.17) is 17.0 Å². The maximum atomic E-state index is 5.20.